The fourth-order valence-corrected chi connectivity index (χ4v) is 1.73. The highest BCUT2D eigenvalue weighted by Gasteiger charge is 2.23. The maximum absolute atomic E-state index is 12.5. The van der Waals surface area contributed by atoms with Crippen LogP contribution in [0.3, 0.4) is 0 Å². The molecule has 0 unspecified atom stereocenters. The van der Waals surface area contributed by atoms with Gasteiger partial charge in [0.05, 0.1) is 5.69 Å². The third kappa shape index (κ3) is 3.54. The molecule has 0 aliphatic rings. The van der Waals surface area contributed by atoms with Crippen molar-refractivity contribution in [3.05, 3.63) is 59.9 Å². The first-order valence-corrected chi connectivity index (χ1v) is 6.76. The van der Waals surface area contributed by atoms with Crippen LogP contribution >= 0.6 is 0 Å². The minimum atomic E-state index is -0.527. The Morgan fingerprint density at radius 1 is 1.00 bits per heavy atom. The number of pyridine rings is 1. The van der Waals surface area contributed by atoms with Gasteiger partial charge in [0.2, 0.25) is 11.7 Å². The van der Waals surface area contributed by atoms with Gasteiger partial charge in [-0.3, -0.25) is 14.6 Å². The predicted octanol–water partition coefficient (Wildman–Crippen LogP) is 3.30. The van der Waals surface area contributed by atoms with Crippen LogP contribution in [0.5, 0.6) is 0 Å². The van der Waals surface area contributed by atoms with Gasteiger partial charge in [-0.1, -0.05) is 39.0 Å². The van der Waals surface area contributed by atoms with Crippen LogP contribution in [0.4, 0.5) is 5.69 Å². The highest BCUT2D eigenvalue weighted by molar-refractivity contribution is 6.13. The molecule has 0 aliphatic heterocycles. The monoisotopic (exact) mass is 282 g/mol. The Hall–Kier alpha value is -2.49. The Bertz CT molecular complexity index is 658. The second-order valence-corrected chi connectivity index (χ2v) is 5.79. The van der Waals surface area contributed by atoms with Gasteiger partial charge in [-0.2, -0.15) is 0 Å². The maximum Gasteiger partial charge on any atom is 0.229 e. The largest absolute Gasteiger partial charge is 0.325 e. The van der Waals surface area contributed by atoms with Crippen LogP contribution in [0.15, 0.2) is 48.7 Å². The van der Waals surface area contributed by atoms with E-state index in [1.54, 1.807) is 48.7 Å². The highest BCUT2D eigenvalue weighted by Crippen LogP contribution is 2.22. The molecule has 1 amide bonds. The molecule has 4 heteroatoms. The van der Waals surface area contributed by atoms with Gasteiger partial charge in [0, 0.05) is 17.2 Å². The quantitative estimate of drug-likeness (QED) is 0.879. The van der Waals surface area contributed by atoms with Crippen LogP contribution in [0.25, 0.3) is 0 Å². The second kappa shape index (κ2) is 5.87. The summed E-state index contributed by atoms with van der Waals surface area (Å²) >= 11 is 0. The van der Waals surface area contributed by atoms with Crippen molar-refractivity contribution >= 4 is 17.4 Å². The molecule has 0 saturated carbocycles. The first kappa shape index (κ1) is 14.9. The number of benzene rings is 1. The summed E-state index contributed by atoms with van der Waals surface area (Å²) in [5, 5.41) is 2.81. The van der Waals surface area contributed by atoms with Gasteiger partial charge in [-0.15, -0.1) is 0 Å². The maximum atomic E-state index is 12.5. The molecule has 1 heterocycles. The summed E-state index contributed by atoms with van der Waals surface area (Å²) in [6.45, 7) is 5.47. The SMILES string of the molecule is CC(C)(C)C(=O)Nc1ccccc1C(=O)c1ccccn1. The summed E-state index contributed by atoms with van der Waals surface area (Å²) in [6.07, 6.45) is 1.57. The van der Waals surface area contributed by atoms with E-state index in [1.165, 1.54) is 0 Å². The van der Waals surface area contributed by atoms with Gasteiger partial charge in [-0.05, 0) is 24.3 Å². The number of anilines is 1. The molecule has 2 aromatic rings. The van der Waals surface area contributed by atoms with E-state index < -0.39 is 5.41 Å². The Morgan fingerprint density at radius 3 is 2.29 bits per heavy atom. The lowest BCUT2D eigenvalue weighted by Crippen LogP contribution is -2.28. The van der Waals surface area contributed by atoms with Crippen molar-refractivity contribution in [2.45, 2.75) is 20.8 Å². The number of carbonyl (C=O) groups excluding carboxylic acids is 2. The zero-order valence-corrected chi connectivity index (χ0v) is 12.4. The first-order chi connectivity index (χ1) is 9.89. The summed E-state index contributed by atoms with van der Waals surface area (Å²) in [7, 11) is 0. The standard InChI is InChI=1S/C17H18N2O2/c1-17(2,3)16(21)19-13-9-5-4-8-12(13)15(20)14-10-6-7-11-18-14/h4-11H,1-3H3,(H,19,21). The van der Waals surface area contributed by atoms with E-state index in [1.807, 2.05) is 20.8 Å². The van der Waals surface area contributed by atoms with Crippen molar-refractivity contribution in [1.29, 1.82) is 0 Å². The van der Waals surface area contributed by atoms with Gasteiger partial charge in [0.25, 0.3) is 0 Å². The number of amides is 1. The summed E-state index contributed by atoms with van der Waals surface area (Å²) in [6, 6.07) is 12.1. The fraction of sp³-hybridized carbons (Fsp3) is 0.235. The minimum absolute atomic E-state index is 0.135. The molecule has 2 rings (SSSR count). The topological polar surface area (TPSA) is 59.1 Å². The van der Waals surface area contributed by atoms with E-state index in [4.69, 9.17) is 0 Å². The van der Waals surface area contributed by atoms with Gasteiger partial charge < -0.3 is 5.32 Å². The predicted molar refractivity (Wildman–Crippen MR) is 82.2 cm³/mol. The van der Waals surface area contributed by atoms with Crippen LogP contribution in [0.2, 0.25) is 0 Å². The van der Waals surface area contributed by atoms with Gasteiger partial charge >= 0.3 is 0 Å². The number of aromatic nitrogens is 1. The Labute approximate surface area is 124 Å². The van der Waals surface area contributed by atoms with Crippen molar-refractivity contribution < 1.29 is 9.59 Å². The lowest BCUT2D eigenvalue weighted by Gasteiger charge is -2.19. The zero-order valence-electron chi connectivity index (χ0n) is 12.4. The smallest absolute Gasteiger partial charge is 0.229 e. The number of hydrogen-bond acceptors (Lipinski definition) is 3. The summed E-state index contributed by atoms with van der Waals surface area (Å²) < 4.78 is 0. The first-order valence-electron chi connectivity index (χ1n) is 6.76. The Kier molecular flexibility index (Phi) is 4.17. The molecule has 0 aliphatic carbocycles. The van der Waals surface area contributed by atoms with E-state index in [-0.39, 0.29) is 11.7 Å². The third-order valence-corrected chi connectivity index (χ3v) is 3.00. The van der Waals surface area contributed by atoms with Gasteiger partial charge in [0.1, 0.15) is 5.69 Å². The lowest BCUT2D eigenvalue weighted by molar-refractivity contribution is -0.123. The number of para-hydroxylation sites is 1. The highest BCUT2D eigenvalue weighted by atomic mass is 16.2. The minimum Gasteiger partial charge on any atom is -0.325 e. The number of rotatable bonds is 3. The van der Waals surface area contributed by atoms with Crippen LogP contribution < -0.4 is 5.32 Å². The fourth-order valence-electron chi connectivity index (χ4n) is 1.73. The van der Waals surface area contributed by atoms with Crippen molar-refractivity contribution in [2.75, 3.05) is 5.32 Å². The lowest BCUT2D eigenvalue weighted by atomic mass is 9.95. The van der Waals surface area contributed by atoms with Crippen LogP contribution in [0, 0.1) is 5.41 Å². The van der Waals surface area contributed by atoms with Gasteiger partial charge in [0.15, 0.2) is 0 Å². The average molecular weight is 282 g/mol. The Balaban J connectivity index is 2.34. The second-order valence-electron chi connectivity index (χ2n) is 5.79. The van der Waals surface area contributed by atoms with Gasteiger partial charge in [-0.25, -0.2) is 0 Å². The molecule has 0 atom stereocenters. The van der Waals surface area contributed by atoms with E-state index in [2.05, 4.69) is 10.3 Å². The molecule has 1 aromatic carbocycles. The molecule has 21 heavy (non-hydrogen) atoms. The number of ketones is 1. The number of carbonyl (C=O) groups is 2. The zero-order chi connectivity index (χ0) is 15.5. The van der Waals surface area contributed by atoms with E-state index in [0.29, 0.717) is 16.9 Å². The molecular formula is C17H18N2O2. The molecule has 1 aromatic heterocycles. The molecule has 108 valence electrons. The van der Waals surface area contributed by atoms with Crippen molar-refractivity contribution in [3.8, 4) is 0 Å². The van der Waals surface area contributed by atoms with Crippen molar-refractivity contribution in [3.63, 3.8) is 0 Å². The summed E-state index contributed by atoms with van der Waals surface area (Å²) in [5.74, 6) is -0.343. The van der Waals surface area contributed by atoms with E-state index in [0.717, 1.165) is 0 Å². The van der Waals surface area contributed by atoms with Crippen LogP contribution in [-0.2, 0) is 4.79 Å². The molecule has 0 bridgehead atoms. The average Bonchev–Trinajstić information content (AvgIpc) is 2.47. The third-order valence-electron chi connectivity index (χ3n) is 3.00. The molecular weight excluding hydrogens is 264 g/mol. The van der Waals surface area contributed by atoms with Crippen molar-refractivity contribution in [2.24, 2.45) is 5.41 Å². The molecule has 1 N–H and O–H groups in total. The molecule has 4 nitrogen and oxygen atoms in total. The number of hydrogen-bond donors (Lipinski definition) is 1. The molecule has 0 spiro atoms. The van der Waals surface area contributed by atoms with Crippen LogP contribution in [-0.4, -0.2) is 16.7 Å². The normalized spacial score (nSPS) is 11.0. The van der Waals surface area contributed by atoms with E-state index in [9.17, 15) is 9.59 Å². The van der Waals surface area contributed by atoms with Crippen LogP contribution in [0.1, 0.15) is 36.8 Å². The summed E-state index contributed by atoms with van der Waals surface area (Å²) in [4.78, 5) is 28.7. The van der Waals surface area contributed by atoms with Crippen molar-refractivity contribution in [1.82, 2.24) is 4.98 Å². The molecule has 0 saturated heterocycles. The molecule has 0 fully saturated rings. The summed E-state index contributed by atoms with van der Waals surface area (Å²) in [5.41, 5.74) is 0.776. The Morgan fingerprint density at radius 2 is 1.67 bits per heavy atom. The number of nitrogens with zero attached hydrogens (tertiary/aromatic N) is 1. The van der Waals surface area contributed by atoms with E-state index >= 15 is 0 Å². The molecule has 0 radical (unpaired) electrons. The number of nitrogens with one attached hydrogen (secondary N) is 1.